The molecule has 1 heterocycles. The fourth-order valence-corrected chi connectivity index (χ4v) is 4.48. The number of anilines is 1. The van der Waals surface area contributed by atoms with Gasteiger partial charge in [0.2, 0.25) is 15.9 Å². The van der Waals surface area contributed by atoms with Gasteiger partial charge in [-0.2, -0.15) is 0 Å². The van der Waals surface area contributed by atoms with Gasteiger partial charge in [-0.05, 0) is 49.4 Å². The largest absolute Gasteiger partial charge is 0.497 e. The summed E-state index contributed by atoms with van der Waals surface area (Å²) in [7, 11) is -2.30. The third-order valence-electron chi connectivity index (χ3n) is 4.36. The number of nitrogens with zero attached hydrogens (tertiary/aromatic N) is 3. The lowest BCUT2D eigenvalue weighted by molar-refractivity contribution is -0.119. The van der Waals surface area contributed by atoms with Gasteiger partial charge >= 0.3 is 0 Å². The van der Waals surface area contributed by atoms with Crippen LogP contribution >= 0.6 is 15.9 Å². The SMILES string of the molecule is COc1ccc(N([C@@H](C)C(=O)N=Nc2c(O)[nH]c3ccc(Br)cc23)S(C)(=O)=O)cc1. The highest BCUT2D eigenvalue weighted by molar-refractivity contribution is 9.10. The summed E-state index contributed by atoms with van der Waals surface area (Å²) in [5.41, 5.74) is 0.983. The van der Waals surface area contributed by atoms with Crippen LogP contribution in [0.25, 0.3) is 10.9 Å². The Hall–Kier alpha value is -2.92. The molecule has 0 bridgehead atoms. The first-order valence-corrected chi connectivity index (χ1v) is 11.3. The Bertz CT molecular complexity index is 1220. The van der Waals surface area contributed by atoms with Gasteiger partial charge in [-0.1, -0.05) is 15.9 Å². The average molecular weight is 495 g/mol. The maximum atomic E-state index is 12.6. The monoisotopic (exact) mass is 494 g/mol. The molecule has 0 unspecified atom stereocenters. The number of amides is 1. The Kier molecular flexibility index (Phi) is 6.13. The van der Waals surface area contributed by atoms with E-state index in [2.05, 4.69) is 31.1 Å². The van der Waals surface area contributed by atoms with E-state index in [1.807, 2.05) is 0 Å². The Morgan fingerprint density at radius 2 is 1.90 bits per heavy atom. The second kappa shape index (κ2) is 8.44. The van der Waals surface area contributed by atoms with Crippen molar-refractivity contribution >= 4 is 54.1 Å². The van der Waals surface area contributed by atoms with E-state index in [1.54, 1.807) is 30.3 Å². The summed E-state index contributed by atoms with van der Waals surface area (Å²) in [6, 6.07) is 10.3. The van der Waals surface area contributed by atoms with Crippen LogP contribution in [0.5, 0.6) is 11.6 Å². The number of sulfonamides is 1. The molecular weight excluding hydrogens is 476 g/mol. The Labute approximate surface area is 181 Å². The number of methoxy groups -OCH3 is 1. The fraction of sp³-hybridized carbons (Fsp3) is 0.211. The van der Waals surface area contributed by atoms with Crippen molar-refractivity contribution in [1.82, 2.24) is 4.98 Å². The van der Waals surface area contributed by atoms with E-state index in [0.29, 0.717) is 16.7 Å². The zero-order chi connectivity index (χ0) is 22.1. The number of carbonyl (C=O) groups is 1. The molecule has 2 aromatic carbocycles. The zero-order valence-electron chi connectivity index (χ0n) is 16.3. The highest BCUT2D eigenvalue weighted by atomic mass is 79.9. The quantitative estimate of drug-likeness (QED) is 0.498. The third kappa shape index (κ3) is 4.46. The van der Waals surface area contributed by atoms with Gasteiger partial charge < -0.3 is 14.8 Å². The maximum absolute atomic E-state index is 12.6. The number of rotatable bonds is 6. The number of aromatic nitrogens is 1. The number of fused-ring (bicyclic) bond motifs is 1. The van der Waals surface area contributed by atoms with E-state index in [9.17, 15) is 18.3 Å². The summed E-state index contributed by atoms with van der Waals surface area (Å²) in [4.78, 5) is 15.4. The van der Waals surface area contributed by atoms with Crippen molar-refractivity contribution < 1.29 is 23.1 Å². The molecule has 1 amide bonds. The maximum Gasteiger partial charge on any atom is 0.287 e. The second-order valence-electron chi connectivity index (χ2n) is 6.48. The van der Waals surface area contributed by atoms with Gasteiger partial charge in [-0.25, -0.2) is 8.42 Å². The smallest absolute Gasteiger partial charge is 0.287 e. The molecule has 0 aliphatic heterocycles. The Balaban J connectivity index is 1.92. The molecule has 0 saturated heterocycles. The van der Waals surface area contributed by atoms with Crippen LogP contribution in [0, 0.1) is 0 Å². The molecule has 158 valence electrons. The lowest BCUT2D eigenvalue weighted by Crippen LogP contribution is -2.42. The lowest BCUT2D eigenvalue weighted by Gasteiger charge is -2.26. The molecular formula is C19H19BrN4O5S. The summed E-state index contributed by atoms with van der Waals surface area (Å²) in [5, 5.41) is 18.2. The number of azo groups is 1. The van der Waals surface area contributed by atoms with Crippen LogP contribution in [0.3, 0.4) is 0 Å². The molecule has 0 fully saturated rings. The van der Waals surface area contributed by atoms with Crippen LogP contribution in [-0.4, -0.2) is 43.8 Å². The molecule has 9 nitrogen and oxygen atoms in total. The van der Waals surface area contributed by atoms with E-state index in [0.717, 1.165) is 15.0 Å². The van der Waals surface area contributed by atoms with Gasteiger partial charge in [0.25, 0.3) is 5.91 Å². The van der Waals surface area contributed by atoms with Crippen LogP contribution in [0.4, 0.5) is 11.4 Å². The van der Waals surface area contributed by atoms with E-state index in [-0.39, 0.29) is 17.3 Å². The fourth-order valence-electron chi connectivity index (χ4n) is 2.95. The van der Waals surface area contributed by atoms with Crippen molar-refractivity contribution in [3.8, 4) is 11.6 Å². The first-order valence-electron chi connectivity index (χ1n) is 8.71. The van der Waals surface area contributed by atoms with E-state index >= 15 is 0 Å². The van der Waals surface area contributed by atoms with Crippen LogP contribution in [-0.2, 0) is 14.8 Å². The average Bonchev–Trinajstić information content (AvgIpc) is 3.00. The summed E-state index contributed by atoms with van der Waals surface area (Å²) in [6.07, 6.45) is 1.00. The molecule has 2 N–H and O–H groups in total. The van der Waals surface area contributed by atoms with Crippen molar-refractivity contribution in [2.24, 2.45) is 10.2 Å². The normalized spacial score (nSPS) is 12.9. The number of aromatic amines is 1. The summed E-state index contributed by atoms with van der Waals surface area (Å²) in [5.74, 6) is -0.491. The number of ether oxygens (including phenoxy) is 1. The van der Waals surface area contributed by atoms with Crippen molar-refractivity contribution in [2.75, 3.05) is 17.7 Å². The van der Waals surface area contributed by atoms with E-state index < -0.39 is 22.0 Å². The van der Waals surface area contributed by atoms with Crippen LogP contribution < -0.4 is 9.04 Å². The summed E-state index contributed by atoms with van der Waals surface area (Å²) in [6.45, 7) is 1.41. The van der Waals surface area contributed by atoms with Crippen molar-refractivity contribution in [3.05, 3.63) is 46.9 Å². The number of halogens is 1. The van der Waals surface area contributed by atoms with Crippen molar-refractivity contribution in [1.29, 1.82) is 0 Å². The van der Waals surface area contributed by atoms with Gasteiger partial charge in [-0.15, -0.1) is 10.2 Å². The zero-order valence-corrected chi connectivity index (χ0v) is 18.7. The topological polar surface area (TPSA) is 124 Å². The molecule has 11 heteroatoms. The number of carbonyl (C=O) groups excluding carboxylic acids is 1. The molecule has 1 aromatic heterocycles. The molecule has 3 aromatic rings. The summed E-state index contributed by atoms with van der Waals surface area (Å²) < 4.78 is 31.5. The number of hydrogen-bond donors (Lipinski definition) is 2. The van der Waals surface area contributed by atoms with Gasteiger partial charge in [-0.3, -0.25) is 9.10 Å². The van der Waals surface area contributed by atoms with Crippen LogP contribution in [0.2, 0.25) is 0 Å². The number of nitrogens with one attached hydrogen (secondary N) is 1. The Morgan fingerprint density at radius 3 is 2.50 bits per heavy atom. The standard InChI is InChI=1S/C19H19BrN4O5S/c1-11(24(30(3,27)28)13-5-7-14(29-2)8-6-13)18(25)23-22-17-15-10-12(20)4-9-16(15)21-19(17)26/h4-11,21,26H,1-3H3/t11-/m0/s1. The van der Waals surface area contributed by atoms with Crippen molar-refractivity contribution in [3.63, 3.8) is 0 Å². The Morgan fingerprint density at radius 1 is 1.23 bits per heavy atom. The molecule has 0 aliphatic carbocycles. The number of benzene rings is 2. The second-order valence-corrected chi connectivity index (χ2v) is 9.26. The van der Waals surface area contributed by atoms with Crippen LogP contribution in [0.15, 0.2) is 57.2 Å². The number of aromatic hydroxyl groups is 1. The highest BCUT2D eigenvalue weighted by Crippen LogP contribution is 2.37. The molecule has 30 heavy (non-hydrogen) atoms. The molecule has 3 rings (SSSR count). The number of H-pyrrole nitrogens is 1. The molecule has 0 radical (unpaired) electrons. The minimum atomic E-state index is -3.79. The van der Waals surface area contributed by atoms with Gasteiger partial charge in [0.15, 0.2) is 5.69 Å². The summed E-state index contributed by atoms with van der Waals surface area (Å²) >= 11 is 3.34. The lowest BCUT2D eigenvalue weighted by atomic mass is 10.2. The van der Waals surface area contributed by atoms with Gasteiger partial charge in [0.05, 0.1) is 24.6 Å². The predicted molar refractivity (Wildman–Crippen MR) is 117 cm³/mol. The third-order valence-corrected chi connectivity index (χ3v) is 6.09. The van der Waals surface area contributed by atoms with Crippen LogP contribution in [0.1, 0.15) is 6.92 Å². The molecule has 1 atom stereocenters. The molecule has 0 saturated carbocycles. The van der Waals surface area contributed by atoms with Crippen molar-refractivity contribution in [2.45, 2.75) is 13.0 Å². The minimum Gasteiger partial charge on any atom is -0.497 e. The van der Waals surface area contributed by atoms with Gasteiger partial charge in [0, 0.05) is 9.86 Å². The first kappa shape index (κ1) is 21.8. The minimum absolute atomic E-state index is 0.0854. The van der Waals surface area contributed by atoms with E-state index in [1.165, 1.54) is 26.2 Å². The first-order chi connectivity index (χ1) is 14.1. The van der Waals surface area contributed by atoms with E-state index in [4.69, 9.17) is 4.74 Å². The molecule has 0 spiro atoms. The molecule has 0 aliphatic rings. The highest BCUT2D eigenvalue weighted by Gasteiger charge is 2.29. The number of hydrogen-bond acceptors (Lipinski definition) is 6. The predicted octanol–water partition coefficient (Wildman–Crippen LogP) is 4.11. The van der Waals surface area contributed by atoms with Gasteiger partial charge in [0.1, 0.15) is 11.8 Å².